The minimum atomic E-state index is -1.09. The van der Waals surface area contributed by atoms with Gasteiger partial charge in [0.1, 0.15) is 12.0 Å². The second-order valence-corrected chi connectivity index (χ2v) is 8.64. The molecule has 1 aliphatic rings. The maximum absolute atomic E-state index is 12.6. The van der Waals surface area contributed by atoms with Crippen molar-refractivity contribution in [2.75, 3.05) is 26.1 Å². The molecule has 0 saturated carbocycles. The van der Waals surface area contributed by atoms with Crippen LogP contribution in [-0.4, -0.2) is 65.6 Å². The van der Waals surface area contributed by atoms with Gasteiger partial charge in [-0.25, -0.2) is 14.4 Å². The van der Waals surface area contributed by atoms with Gasteiger partial charge in [-0.3, -0.25) is 4.90 Å². The fraction of sp³-hybridized carbons (Fsp3) is 0.476. The number of esters is 1. The summed E-state index contributed by atoms with van der Waals surface area (Å²) in [6.45, 7) is 4.16. The molecular weight excluding hydrogens is 446 g/mol. The number of piperidine rings is 1. The number of halogens is 1. The van der Waals surface area contributed by atoms with Gasteiger partial charge in [-0.05, 0) is 37.5 Å². The summed E-state index contributed by atoms with van der Waals surface area (Å²) in [6.07, 6.45) is 0.623. The van der Waals surface area contributed by atoms with E-state index < -0.39 is 24.1 Å². The molecule has 2 atom stereocenters. The summed E-state index contributed by atoms with van der Waals surface area (Å²) >= 11 is 7.62. The van der Waals surface area contributed by atoms with Crippen LogP contribution in [0.25, 0.3) is 0 Å². The molecule has 1 heterocycles. The van der Waals surface area contributed by atoms with E-state index in [0.717, 1.165) is 6.08 Å². The van der Waals surface area contributed by atoms with Gasteiger partial charge in [0, 0.05) is 29.4 Å². The van der Waals surface area contributed by atoms with Crippen LogP contribution in [-0.2, 0) is 23.8 Å². The Balaban J connectivity index is 2.15. The standard InChI is InChI=1S/C21H26ClNO7S/c1-13(2)30-21(27)29-12-31-17-8-9-23(11-14(17)10-18(24)25)19(20(26)28-3)15-6-4-5-7-16(15)22/h4-7,10,13,17,19H,8-9,11-12H2,1-3H3,(H,24,25)/b14-10-/t17-,19-/m0/s1. The quantitative estimate of drug-likeness (QED) is 0.343. The van der Waals surface area contributed by atoms with Gasteiger partial charge in [0.05, 0.1) is 13.2 Å². The molecule has 31 heavy (non-hydrogen) atoms. The van der Waals surface area contributed by atoms with Crippen molar-refractivity contribution in [3.8, 4) is 0 Å². The number of carboxylic acids is 1. The van der Waals surface area contributed by atoms with E-state index in [0.29, 0.717) is 29.1 Å². The third kappa shape index (κ3) is 7.45. The first-order chi connectivity index (χ1) is 14.7. The Morgan fingerprint density at radius 3 is 2.65 bits per heavy atom. The first-order valence-corrected chi connectivity index (χ1v) is 11.1. The van der Waals surface area contributed by atoms with Gasteiger partial charge in [0.25, 0.3) is 0 Å². The molecule has 1 aromatic rings. The van der Waals surface area contributed by atoms with Crippen LogP contribution in [0.15, 0.2) is 35.9 Å². The highest BCUT2D eigenvalue weighted by Gasteiger charge is 2.35. The lowest BCUT2D eigenvalue weighted by Gasteiger charge is -2.37. The second kappa shape index (κ2) is 12.0. The Morgan fingerprint density at radius 1 is 1.32 bits per heavy atom. The summed E-state index contributed by atoms with van der Waals surface area (Å²) < 4.78 is 15.0. The number of likely N-dealkylation sites (tertiary alicyclic amines) is 1. The zero-order valence-corrected chi connectivity index (χ0v) is 19.1. The molecule has 170 valence electrons. The van der Waals surface area contributed by atoms with Gasteiger partial charge < -0.3 is 19.3 Å². The Morgan fingerprint density at radius 2 is 2.03 bits per heavy atom. The van der Waals surface area contributed by atoms with Gasteiger partial charge in [-0.15, -0.1) is 11.8 Å². The summed E-state index contributed by atoms with van der Waals surface area (Å²) in [6, 6.07) is 6.22. The Bertz CT molecular complexity index is 830. The summed E-state index contributed by atoms with van der Waals surface area (Å²) in [5, 5.41) is 9.55. The van der Waals surface area contributed by atoms with Crippen LogP contribution >= 0.6 is 23.4 Å². The number of thioether (sulfide) groups is 1. The van der Waals surface area contributed by atoms with Crippen LogP contribution in [0, 0.1) is 0 Å². The Kier molecular flexibility index (Phi) is 9.67. The van der Waals surface area contributed by atoms with E-state index in [-0.39, 0.29) is 23.8 Å². The predicted octanol–water partition coefficient (Wildman–Crippen LogP) is 3.89. The first kappa shape index (κ1) is 25.0. The number of methoxy groups -OCH3 is 1. The lowest BCUT2D eigenvalue weighted by molar-refractivity contribution is -0.147. The maximum atomic E-state index is 12.6. The average Bonchev–Trinajstić information content (AvgIpc) is 2.70. The van der Waals surface area contributed by atoms with E-state index in [1.165, 1.54) is 18.9 Å². The van der Waals surface area contributed by atoms with Crippen LogP contribution in [0.4, 0.5) is 4.79 Å². The fourth-order valence-corrected chi connectivity index (χ4v) is 4.46. The minimum absolute atomic E-state index is 0.0259. The molecule has 1 saturated heterocycles. The molecule has 1 fully saturated rings. The molecule has 0 radical (unpaired) electrons. The summed E-state index contributed by atoms with van der Waals surface area (Å²) in [4.78, 5) is 37.4. The first-order valence-electron chi connectivity index (χ1n) is 9.67. The third-order valence-electron chi connectivity index (χ3n) is 4.55. The van der Waals surface area contributed by atoms with Crippen molar-refractivity contribution in [3.05, 3.63) is 46.5 Å². The van der Waals surface area contributed by atoms with Crippen LogP contribution in [0.3, 0.4) is 0 Å². The molecule has 0 spiro atoms. The van der Waals surface area contributed by atoms with Gasteiger partial charge >= 0.3 is 18.1 Å². The summed E-state index contributed by atoms with van der Waals surface area (Å²) in [7, 11) is 1.30. The van der Waals surface area contributed by atoms with E-state index in [2.05, 4.69) is 0 Å². The van der Waals surface area contributed by atoms with Gasteiger partial charge in [-0.2, -0.15) is 0 Å². The molecular formula is C21H26ClNO7S. The number of nitrogens with zero attached hydrogens (tertiary/aromatic N) is 1. The smallest absolute Gasteiger partial charge is 0.478 e. The van der Waals surface area contributed by atoms with E-state index in [1.807, 2.05) is 4.90 Å². The summed E-state index contributed by atoms with van der Waals surface area (Å²) in [5.74, 6) is -1.54. The van der Waals surface area contributed by atoms with Crippen molar-refractivity contribution in [2.45, 2.75) is 37.7 Å². The number of carbonyl (C=O) groups excluding carboxylic acids is 2. The number of ether oxygens (including phenoxy) is 3. The SMILES string of the molecule is COC(=O)[C@H](c1ccccc1Cl)N1CC[C@H](SCOC(=O)OC(C)C)/C(=C\C(=O)O)C1. The van der Waals surface area contributed by atoms with Gasteiger partial charge in [0.15, 0.2) is 0 Å². The molecule has 10 heteroatoms. The minimum Gasteiger partial charge on any atom is -0.478 e. The number of aliphatic carboxylic acids is 1. The van der Waals surface area contributed by atoms with Gasteiger partial charge in [-0.1, -0.05) is 29.8 Å². The van der Waals surface area contributed by atoms with Crippen molar-refractivity contribution in [3.63, 3.8) is 0 Å². The van der Waals surface area contributed by atoms with E-state index >= 15 is 0 Å². The zero-order valence-electron chi connectivity index (χ0n) is 17.6. The van der Waals surface area contributed by atoms with Crippen LogP contribution in [0.5, 0.6) is 0 Å². The highest BCUT2D eigenvalue weighted by molar-refractivity contribution is 7.99. The second-order valence-electron chi connectivity index (χ2n) is 7.10. The molecule has 1 aromatic carbocycles. The third-order valence-corrected chi connectivity index (χ3v) is 6.09. The Labute approximate surface area is 190 Å². The number of carboxylic acid groups (broad SMARTS) is 1. The van der Waals surface area contributed by atoms with Crippen molar-refractivity contribution in [1.82, 2.24) is 4.90 Å². The normalized spacial score (nSPS) is 19.1. The maximum Gasteiger partial charge on any atom is 0.509 e. The van der Waals surface area contributed by atoms with E-state index in [9.17, 15) is 19.5 Å². The van der Waals surface area contributed by atoms with Crippen LogP contribution < -0.4 is 0 Å². The highest BCUT2D eigenvalue weighted by Crippen LogP contribution is 2.35. The average molecular weight is 472 g/mol. The van der Waals surface area contributed by atoms with Crippen LogP contribution in [0.2, 0.25) is 5.02 Å². The molecule has 1 aliphatic heterocycles. The predicted molar refractivity (Wildman–Crippen MR) is 117 cm³/mol. The largest absolute Gasteiger partial charge is 0.509 e. The van der Waals surface area contributed by atoms with Crippen molar-refractivity contribution < 1.29 is 33.7 Å². The molecule has 0 bridgehead atoms. The lowest BCUT2D eigenvalue weighted by atomic mass is 9.98. The summed E-state index contributed by atoms with van der Waals surface area (Å²) in [5.41, 5.74) is 1.20. The highest BCUT2D eigenvalue weighted by atomic mass is 35.5. The molecule has 1 N–H and O–H groups in total. The zero-order chi connectivity index (χ0) is 23.0. The van der Waals surface area contributed by atoms with E-state index in [4.69, 9.17) is 25.8 Å². The van der Waals surface area contributed by atoms with Crippen molar-refractivity contribution in [2.24, 2.45) is 0 Å². The molecule has 0 amide bonds. The lowest BCUT2D eigenvalue weighted by Crippen LogP contribution is -2.43. The number of rotatable bonds is 8. The number of hydrogen-bond donors (Lipinski definition) is 1. The number of benzene rings is 1. The van der Waals surface area contributed by atoms with Crippen LogP contribution in [0.1, 0.15) is 31.9 Å². The molecule has 8 nitrogen and oxygen atoms in total. The molecule has 0 aliphatic carbocycles. The number of carbonyl (C=O) groups is 3. The van der Waals surface area contributed by atoms with Gasteiger partial charge in [0.2, 0.25) is 0 Å². The Hall–Kier alpha value is -2.23. The van der Waals surface area contributed by atoms with E-state index in [1.54, 1.807) is 38.1 Å². The van der Waals surface area contributed by atoms with Crippen molar-refractivity contribution >= 4 is 41.5 Å². The number of hydrogen-bond acceptors (Lipinski definition) is 8. The molecule has 0 unspecified atom stereocenters. The molecule has 0 aromatic heterocycles. The fourth-order valence-electron chi connectivity index (χ4n) is 3.26. The molecule has 2 rings (SSSR count). The monoisotopic (exact) mass is 471 g/mol. The van der Waals surface area contributed by atoms with Crippen molar-refractivity contribution in [1.29, 1.82) is 0 Å². The topological polar surface area (TPSA) is 102 Å².